The summed E-state index contributed by atoms with van der Waals surface area (Å²) in [5.74, 6) is 2.84. The van der Waals surface area contributed by atoms with Gasteiger partial charge in [0.2, 0.25) is 0 Å². The van der Waals surface area contributed by atoms with Gasteiger partial charge in [0.15, 0.2) is 0 Å². The van der Waals surface area contributed by atoms with Crippen molar-refractivity contribution >= 4 is 32.6 Å². The Kier molecular flexibility index (Phi) is 3.03. The monoisotopic (exact) mass is 390 g/mol. The minimum Gasteiger partial charge on any atom is -0.252 e. The highest BCUT2D eigenvalue weighted by Gasteiger charge is 2.36. The smallest absolute Gasteiger partial charge is 0.0805 e. The minimum atomic E-state index is 0.677. The topological polar surface area (TPSA) is 25.8 Å². The lowest BCUT2D eigenvalue weighted by molar-refractivity contribution is 0.352. The summed E-state index contributed by atoms with van der Waals surface area (Å²) in [6.45, 7) is 0. The fourth-order valence-corrected chi connectivity index (χ4v) is 7.40. The number of benzene rings is 2. The van der Waals surface area contributed by atoms with Gasteiger partial charge in [0.25, 0.3) is 0 Å². The molecule has 148 valence electrons. The Hall–Kier alpha value is -2.48. The highest BCUT2D eigenvalue weighted by molar-refractivity contribution is 6.17. The molecule has 10 rings (SSSR count). The first kappa shape index (κ1) is 16.2. The second-order valence-electron chi connectivity index (χ2n) is 10.4. The number of fused-ring (bicyclic) bond motifs is 9. The molecule has 0 unspecified atom stereocenters. The second kappa shape index (κ2) is 5.60. The maximum Gasteiger partial charge on any atom is 0.0805 e. The zero-order valence-electron chi connectivity index (χ0n) is 17.3. The number of rotatable bonds is 0. The molecule has 0 N–H and O–H groups in total. The highest BCUT2D eigenvalue weighted by atomic mass is 14.8. The van der Waals surface area contributed by atoms with E-state index >= 15 is 0 Å². The first-order valence-corrected chi connectivity index (χ1v) is 12.0. The van der Waals surface area contributed by atoms with Crippen LogP contribution in [-0.2, 0) is 0 Å². The quantitative estimate of drug-likeness (QED) is 0.291. The summed E-state index contributed by atoms with van der Waals surface area (Å²) < 4.78 is 0. The Balaban J connectivity index is 1.48. The normalized spacial score (nSPS) is 28.9. The Bertz CT molecular complexity index is 1270. The molecule has 0 spiro atoms. The molecule has 0 amide bonds. The molecule has 30 heavy (non-hydrogen) atoms. The molecule has 0 aliphatic heterocycles. The third kappa shape index (κ3) is 2.00. The number of nitrogens with zero attached hydrogens (tertiary/aromatic N) is 2. The van der Waals surface area contributed by atoms with E-state index < -0.39 is 0 Å². The fourth-order valence-electron chi connectivity index (χ4n) is 7.40. The van der Waals surface area contributed by atoms with Gasteiger partial charge in [-0.1, -0.05) is 24.3 Å². The fraction of sp³-hybridized carbons (Fsp3) is 0.429. The molecule has 2 aromatic carbocycles. The van der Waals surface area contributed by atoms with Crippen LogP contribution in [0.5, 0.6) is 0 Å². The number of hydrogen-bond acceptors (Lipinski definition) is 2. The van der Waals surface area contributed by atoms with Crippen molar-refractivity contribution in [2.45, 2.75) is 75.0 Å². The van der Waals surface area contributed by atoms with Crippen LogP contribution in [0.1, 0.15) is 97.6 Å². The van der Waals surface area contributed by atoms with E-state index in [9.17, 15) is 0 Å². The Labute approximate surface area is 176 Å². The van der Waals surface area contributed by atoms with Gasteiger partial charge in [0.1, 0.15) is 0 Å². The van der Waals surface area contributed by atoms with E-state index in [-0.39, 0.29) is 0 Å². The van der Waals surface area contributed by atoms with Crippen molar-refractivity contribution in [2.24, 2.45) is 0 Å². The molecule has 4 aromatic rings. The van der Waals surface area contributed by atoms with Crippen molar-refractivity contribution in [2.75, 3.05) is 0 Å². The van der Waals surface area contributed by atoms with Crippen molar-refractivity contribution in [3.63, 3.8) is 0 Å². The lowest BCUT2D eigenvalue weighted by Gasteiger charge is -2.38. The summed E-state index contributed by atoms with van der Waals surface area (Å²) >= 11 is 0. The summed E-state index contributed by atoms with van der Waals surface area (Å²) in [5, 5.41) is 5.19. The average molecular weight is 391 g/mol. The summed E-state index contributed by atoms with van der Waals surface area (Å²) in [4.78, 5) is 10.8. The van der Waals surface area contributed by atoms with Gasteiger partial charge in [-0.3, -0.25) is 9.97 Å². The van der Waals surface area contributed by atoms with Gasteiger partial charge in [-0.2, -0.15) is 0 Å². The van der Waals surface area contributed by atoms with Gasteiger partial charge < -0.3 is 0 Å². The highest BCUT2D eigenvalue weighted by Crippen LogP contribution is 2.51. The van der Waals surface area contributed by atoms with Crippen molar-refractivity contribution in [1.29, 1.82) is 0 Å². The zero-order chi connectivity index (χ0) is 19.4. The van der Waals surface area contributed by atoms with E-state index in [1.807, 2.05) is 0 Å². The van der Waals surface area contributed by atoms with Crippen molar-refractivity contribution in [1.82, 2.24) is 9.97 Å². The zero-order valence-corrected chi connectivity index (χ0v) is 17.3. The van der Waals surface area contributed by atoms with Crippen LogP contribution < -0.4 is 0 Å². The summed E-state index contributed by atoms with van der Waals surface area (Å²) in [6, 6.07) is 14.1. The van der Waals surface area contributed by atoms with Gasteiger partial charge in [0, 0.05) is 39.4 Å². The summed E-state index contributed by atoms with van der Waals surface area (Å²) in [7, 11) is 0. The first-order valence-electron chi connectivity index (χ1n) is 12.0. The standard InChI is InChI=1S/C28H26N2/c1-7-18-8-2-15(1)22-13-20-11-5-17-6-12-21-14-23-16-3-9-19(10-4-16)26(23)30-28(21)24(17)27(20)29-25(18)22/h5-6,11-16,18-19H,1-4,7-10H2. The van der Waals surface area contributed by atoms with E-state index in [4.69, 9.17) is 9.97 Å². The molecule has 2 saturated carbocycles. The van der Waals surface area contributed by atoms with Crippen molar-refractivity contribution in [3.05, 3.63) is 58.9 Å². The molecule has 2 heterocycles. The predicted molar refractivity (Wildman–Crippen MR) is 122 cm³/mol. The van der Waals surface area contributed by atoms with Crippen LogP contribution in [0.25, 0.3) is 32.6 Å². The second-order valence-corrected chi connectivity index (χ2v) is 10.4. The van der Waals surface area contributed by atoms with Crippen LogP contribution in [0, 0.1) is 0 Å². The van der Waals surface area contributed by atoms with Crippen molar-refractivity contribution < 1.29 is 0 Å². The van der Waals surface area contributed by atoms with Gasteiger partial charge in [-0.25, -0.2) is 0 Å². The third-order valence-corrected chi connectivity index (χ3v) is 8.98. The molecule has 2 fully saturated rings. The van der Waals surface area contributed by atoms with E-state index in [2.05, 4.69) is 36.4 Å². The van der Waals surface area contributed by atoms with Gasteiger partial charge in [-0.05, 0) is 91.8 Å². The lowest BCUT2D eigenvalue weighted by Crippen LogP contribution is -2.23. The maximum atomic E-state index is 5.40. The van der Waals surface area contributed by atoms with Gasteiger partial charge in [-0.15, -0.1) is 0 Å². The minimum absolute atomic E-state index is 0.677. The molecule has 2 heteroatoms. The molecule has 2 nitrogen and oxygen atoms in total. The van der Waals surface area contributed by atoms with Crippen LogP contribution in [0.2, 0.25) is 0 Å². The molecular weight excluding hydrogens is 364 g/mol. The lowest BCUT2D eigenvalue weighted by atomic mass is 9.69. The molecule has 0 atom stereocenters. The maximum absolute atomic E-state index is 5.40. The van der Waals surface area contributed by atoms with E-state index in [0.29, 0.717) is 11.8 Å². The predicted octanol–water partition coefficient (Wildman–Crippen LogP) is 7.45. The Morgan fingerprint density at radius 2 is 0.900 bits per heavy atom. The van der Waals surface area contributed by atoms with Crippen LogP contribution in [0.15, 0.2) is 36.4 Å². The molecule has 6 aliphatic rings. The van der Waals surface area contributed by atoms with Crippen molar-refractivity contribution in [3.8, 4) is 0 Å². The van der Waals surface area contributed by atoms with E-state index in [0.717, 1.165) is 11.8 Å². The van der Waals surface area contributed by atoms with Crippen LogP contribution in [0.3, 0.4) is 0 Å². The number of pyridine rings is 2. The molecular formula is C28H26N2. The number of aromatic nitrogens is 2. The van der Waals surface area contributed by atoms with Crippen LogP contribution >= 0.6 is 0 Å². The molecule has 4 bridgehead atoms. The average Bonchev–Trinajstić information content (AvgIpc) is 2.83. The molecule has 0 saturated heterocycles. The van der Waals surface area contributed by atoms with Crippen LogP contribution in [-0.4, -0.2) is 9.97 Å². The first-order chi connectivity index (χ1) is 14.8. The Morgan fingerprint density at radius 1 is 0.500 bits per heavy atom. The largest absolute Gasteiger partial charge is 0.252 e. The van der Waals surface area contributed by atoms with E-state index in [1.54, 1.807) is 11.1 Å². The van der Waals surface area contributed by atoms with Gasteiger partial charge in [0.05, 0.1) is 11.0 Å². The molecule has 6 aliphatic carbocycles. The number of hydrogen-bond donors (Lipinski definition) is 0. The van der Waals surface area contributed by atoms with E-state index in [1.165, 1.54) is 95.3 Å². The SMILES string of the molecule is c1cc2ccc3cc4c(nc3c2c2nc3c(cc12)C1CCC3CC1)C1CCC4CC1. The van der Waals surface area contributed by atoms with Crippen LogP contribution in [0.4, 0.5) is 0 Å². The van der Waals surface area contributed by atoms with Gasteiger partial charge >= 0.3 is 0 Å². The molecule has 0 radical (unpaired) electrons. The Morgan fingerprint density at radius 3 is 1.37 bits per heavy atom. The summed E-state index contributed by atoms with van der Waals surface area (Å²) in [5.41, 5.74) is 8.30. The third-order valence-electron chi connectivity index (χ3n) is 8.98. The summed E-state index contributed by atoms with van der Waals surface area (Å²) in [6.07, 6.45) is 10.8. The molecule has 2 aromatic heterocycles.